The SMILES string of the molecule is CCC(C)n1ncc(C(=O)Nc2ccc(C(=O)O)c(OC)c2)c1C1CC1. The molecule has 1 aromatic carbocycles. The minimum atomic E-state index is -1.08. The van der Waals surface area contributed by atoms with Crippen LogP contribution >= 0.6 is 0 Å². The van der Waals surface area contributed by atoms with Crippen LogP contribution in [0, 0.1) is 0 Å². The monoisotopic (exact) mass is 357 g/mol. The molecular weight excluding hydrogens is 334 g/mol. The number of rotatable bonds is 7. The van der Waals surface area contributed by atoms with Gasteiger partial charge in [0.05, 0.1) is 24.6 Å². The Hall–Kier alpha value is -2.83. The Balaban J connectivity index is 1.87. The van der Waals surface area contributed by atoms with Gasteiger partial charge in [-0.3, -0.25) is 9.48 Å². The van der Waals surface area contributed by atoms with Crippen molar-refractivity contribution in [3.8, 4) is 5.75 Å². The van der Waals surface area contributed by atoms with E-state index in [-0.39, 0.29) is 23.3 Å². The van der Waals surface area contributed by atoms with Crippen molar-refractivity contribution in [2.24, 2.45) is 0 Å². The predicted octanol–water partition coefficient (Wildman–Crippen LogP) is 3.69. The maximum atomic E-state index is 12.8. The summed E-state index contributed by atoms with van der Waals surface area (Å²) >= 11 is 0. The van der Waals surface area contributed by atoms with Gasteiger partial charge in [0.1, 0.15) is 11.3 Å². The molecule has 7 heteroatoms. The van der Waals surface area contributed by atoms with E-state index in [1.54, 1.807) is 12.3 Å². The molecule has 1 atom stereocenters. The van der Waals surface area contributed by atoms with E-state index < -0.39 is 5.97 Å². The smallest absolute Gasteiger partial charge is 0.339 e. The molecule has 2 N–H and O–H groups in total. The molecule has 26 heavy (non-hydrogen) atoms. The number of methoxy groups -OCH3 is 1. The van der Waals surface area contributed by atoms with Crippen molar-refractivity contribution in [1.29, 1.82) is 0 Å². The molecule has 1 unspecified atom stereocenters. The number of carboxylic acids is 1. The lowest BCUT2D eigenvalue weighted by atomic mass is 10.1. The minimum Gasteiger partial charge on any atom is -0.496 e. The minimum absolute atomic E-state index is 0.0498. The summed E-state index contributed by atoms with van der Waals surface area (Å²) in [6.07, 6.45) is 4.71. The van der Waals surface area contributed by atoms with Crippen LogP contribution in [0.1, 0.15) is 71.5 Å². The van der Waals surface area contributed by atoms with Gasteiger partial charge in [0.15, 0.2) is 0 Å². The van der Waals surface area contributed by atoms with Gasteiger partial charge in [-0.05, 0) is 38.3 Å². The predicted molar refractivity (Wildman–Crippen MR) is 97.1 cm³/mol. The van der Waals surface area contributed by atoms with Gasteiger partial charge < -0.3 is 15.2 Å². The standard InChI is InChI=1S/C19H23N3O4/c1-4-11(2)22-17(12-5-6-12)15(10-20-22)18(23)21-13-7-8-14(19(24)25)16(9-13)26-3/h7-12H,4-6H2,1-3H3,(H,21,23)(H,24,25). The Morgan fingerprint density at radius 1 is 1.38 bits per heavy atom. The van der Waals surface area contributed by atoms with Crippen LogP contribution in [0.5, 0.6) is 5.75 Å². The van der Waals surface area contributed by atoms with Crippen molar-refractivity contribution in [2.75, 3.05) is 12.4 Å². The number of hydrogen-bond acceptors (Lipinski definition) is 4. The number of benzene rings is 1. The number of carboxylic acid groups (broad SMARTS) is 1. The molecule has 1 saturated carbocycles. The average molecular weight is 357 g/mol. The van der Waals surface area contributed by atoms with Gasteiger partial charge in [-0.1, -0.05) is 6.92 Å². The third-order valence-corrected chi connectivity index (χ3v) is 4.74. The lowest BCUT2D eigenvalue weighted by Crippen LogP contribution is -2.16. The molecule has 0 aliphatic heterocycles. The molecule has 1 fully saturated rings. The Morgan fingerprint density at radius 2 is 2.12 bits per heavy atom. The van der Waals surface area contributed by atoms with Gasteiger partial charge in [0.25, 0.3) is 5.91 Å². The highest BCUT2D eigenvalue weighted by Crippen LogP contribution is 2.42. The number of carbonyl (C=O) groups is 2. The van der Waals surface area contributed by atoms with E-state index >= 15 is 0 Å². The second-order valence-electron chi connectivity index (χ2n) is 6.59. The summed E-state index contributed by atoms with van der Waals surface area (Å²) in [5.41, 5.74) is 2.10. The van der Waals surface area contributed by atoms with E-state index in [2.05, 4.69) is 24.3 Å². The molecule has 1 aliphatic carbocycles. The second kappa shape index (κ2) is 7.19. The van der Waals surface area contributed by atoms with E-state index in [1.165, 1.54) is 19.2 Å². The normalized spacial score (nSPS) is 14.7. The first-order valence-corrected chi connectivity index (χ1v) is 8.76. The molecule has 0 bridgehead atoms. The van der Waals surface area contributed by atoms with Crippen LogP contribution in [-0.4, -0.2) is 33.9 Å². The number of nitrogens with zero attached hydrogens (tertiary/aromatic N) is 2. The van der Waals surface area contributed by atoms with Gasteiger partial charge in [-0.15, -0.1) is 0 Å². The molecule has 1 heterocycles. The summed E-state index contributed by atoms with van der Waals surface area (Å²) in [5, 5.41) is 16.4. The lowest BCUT2D eigenvalue weighted by Gasteiger charge is -2.15. The number of hydrogen-bond donors (Lipinski definition) is 2. The first-order valence-electron chi connectivity index (χ1n) is 8.76. The third kappa shape index (κ3) is 3.42. The molecule has 1 amide bonds. The van der Waals surface area contributed by atoms with Gasteiger partial charge >= 0.3 is 5.97 Å². The molecule has 1 aromatic heterocycles. The maximum absolute atomic E-state index is 12.8. The number of anilines is 1. The molecule has 7 nitrogen and oxygen atoms in total. The summed E-state index contributed by atoms with van der Waals surface area (Å²) in [5.74, 6) is -0.735. The average Bonchev–Trinajstić information content (AvgIpc) is 3.38. The highest BCUT2D eigenvalue weighted by atomic mass is 16.5. The quantitative estimate of drug-likeness (QED) is 0.788. The molecule has 0 saturated heterocycles. The van der Waals surface area contributed by atoms with E-state index in [0.717, 1.165) is 25.0 Å². The molecule has 138 valence electrons. The Morgan fingerprint density at radius 3 is 2.69 bits per heavy atom. The largest absolute Gasteiger partial charge is 0.496 e. The zero-order valence-corrected chi connectivity index (χ0v) is 15.2. The van der Waals surface area contributed by atoms with Gasteiger partial charge in [0, 0.05) is 23.7 Å². The Bertz CT molecular complexity index is 839. The van der Waals surface area contributed by atoms with Crippen molar-refractivity contribution >= 4 is 17.6 Å². The van der Waals surface area contributed by atoms with E-state index in [0.29, 0.717) is 17.2 Å². The number of amides is 1. The van der Waals surface area contributed by atoms with Crippen molar-refractivity contribution < 1.29 is 19.4 Å². The number of carbonyl (C=O) groups excluding carboxylic acids is 1. The molecule has 3 rings (SSSR count). The summed E-state index contributed by atoms with van der Waals surface area (Å²) in [6.45, 7) is 4.19. The van der Waals surface area contributed by atoms with Gasteiger partial charge in [-0.25, -0.2) is 4.79 Å². The molecular formula is C19H23N3O4. The summed E-state index contributed by atoms with van der Waals surface area (Å²) in [7, 11) is 1.40. The fourth-order valence-electron chi connectivity index (χ4n) is 2.98. The first kappa shape index (κ1) is 18.0. The second-order valence-corrected chi connectivity index (χ2v) is 6.59. The van der Waals surface area contributed by atoms with Crippen molar-refractivity contribution in [1.82, 2.24) is 9.78 Å². The van der Waals surface area contributed by atoms with Crippen LogP contribution in [0.3, 0.4) is 0 Å². The van der Waals surface area contributed by atoms with Crippen molar-refractivity contribution in [2.45, 2.75) is 45.1 Å². The zero-order valence-electron chi connectivity index (χ0n) is 15.2. The summed E-state index contributed by atoms with van der Waals surface area (Å²) < 4.78 is 7.07. The number of ether oxygens (including phenoxy) is 1. The first-order chi connectivity index (χ1) is 12.5. The summed E-state index contributed by atoms with van der Waals surface area (Å²) in [6, 6.07) is 4.72. The lowest BCUT2D eigenvalue weighted by molar-refractivity contribution is 0.0693. The van der Waals surface area contributed by atoms with Crippen LogP contribution in [-0.2, 0) is 0 Å². The number of aromatic carboxylic acids is 1. The zero-order chi connectivity index (χ0) is 18.8. The van der Waals surface area contributed by atoms with Gasteiger partial charge in [0.2, 0.25) is 0 Å². The van der Waals surface area contributed by atoms with Crippen LogP contribution in [0.15, 0.2) is 24.4 Å². The van der Waals surface area contributed by atoms with Crippen LogP contribution in [0.25, 0.3) is 0 Å². The van der Waals surface area contributed by atoms with Crippen LogP contribution < -0.4 is 10.1 Å². The topological polar surface area (TPSA) is 93.5 Å². The molecule has 0 spiro atoms. The summed E-state index contributed by atoms with van der Waals surface area (Å²) in [4.78, 5) is 24.0. The highest BCUT2D eigenvalue weighted by Gasteiger charge is 2.33. The van der Waals surface area contributed by atoms with E-state index in [9.17, 15) is 9.59 Å². The van der Waals surface area contributed by atoms with Crippen molar-refractivity contribution in [3.63, 3.8) is 0 Å². The number of nitrogens with one attached hydrogen (secondary N) is 1. The fraction of sp³-hybridized carbons (Fsp3) is 0.421. The third-order valence-electron chi connectivity index (χ3n) is 4.74. The maximum Gasteiger partial charge on any atom is 0.339 e. The Labute approximate surface area is 152 Å². The highest BCUT2D eigenvalue weighted by molar-refractivity contribution is 6.05. The molecule has 2 aromatic rings. The molecule has 1 aliphatic rings. The van der Waals surface area contributed by atoms with Crippen LogP contribution in [0.2, 0.25) is 0 Å². The fourth-order valence-corrected chi connectivity index (χ4v) is 2.98. The number of aromatic nitrogens is 2. The van der Waals surface area contributed by atoms with E-state index in [4.69, 9.17) is 9.84 Å². The Kier molecular flexibility index (Phi) is 4.97. The van der Waals surface area contributed by atoms with E-state index in [1.807, 2.05) is 4.68 Å². The van der Waals surface area contributed by atoms with Gasteiger partial charge in [-0.2, -0.15) is 5.10 Å². The van der Waals surface area contributed by atoms with Crippen LogP contribution in [0.4, 0.5) is 5.69 Å². The molecule has 0 radical (unpaired) electrons. The van der Waals surface area contributed by atoms with Crippen molar-refractivity contribution in [3.05, 3.63) is 41.2 Å².